The standard InChI is InChI=1S/C30H33NO7S2/c1-18-12-20(37-10-5-11-40(3,34)35)14-26(36-2)30(18)23-7-4-6-22-21(23)8-9-25(22)38-28-15-27-24(16-31-28)19(17-39-27)13-29(32)33/h4,6-7,12,14-16,19,25H,5,8-11,13,17H2,1-3H3,(H,32,33)/t19-,25?/m1/s1. The molecule has 212 valence electrons. The highest BCUT2D eigenvalue weighted by Gasteiger charge is 2.30. The number of fused-ring (bicyclic) bond motifs is 2. The molecule has 0 radical (unpaired) electrons. The van der Waals surface area contributed by atoms with Crippen LogP contribution in [0.25, 0.3) is 11.1 Å². The van der Waals surface area contributed by atoms with E-state index < -0.39 is 15.8 Å². The van der Waals surface area contributed by atoms with Crippen LogP contribution in [0.15, 0.2) is 47.5 Å². The van der Waals surface area contributed by atoms with E-state index in [1.54, 1.807) is 25.1 Å². The highest BCUT2D eigenvalue weighted by Crippen LogP contribution is 2.46. The van der Waals surface area contributed by atoms with Crippen LogP contribution in [0, 0.1) is 6.92 Å². The Hall–Kier alpha value is -3.24. The summed E-state index contributed by atoms with van der Waals surface area (Å²) in [5, 5.41) is 9.19. The molecule has 0 fully saturated rings. The van der Waals surface area contributed by atoms with Gasteiger partial charge in [-0.1, -0.05) is 18.2 Å². The SMILES string of the molecule is COc1cc(OCCCS(C)(=O)=O)cc(C)c1-c1cccc2c1CCC2Oc1cc2c(cn1)[C@H](CC(=O)O)CS2. The van der Waals surface area contributed by atoms with Crippen molar-refractivity contribution >= 4 is 27.6 Å². The van der Waals surface area contributed by atoms with Crippen molar-refractivity contribution in [1.82, 2.24) is 4.98 Å². The molecule has 2 aromatic carbocycles. The Balaban J connectivity index is 1.35. The summed E-state index contributed by atoms with van der Waals surface area (Å²) in [4.78, 5) is 16.8. The zero-order valence-electron chi connectivity index (χ0n) is 22.8. The third kappa shape index (κ3) is 6.23. The second-order valence-corrected chi connectivity index (χ2v) is 13.7. The van der Waals surface area contributed by atoms with Crippen LogP contribution in [0.3, 0.4) is 0 Å². The Labute approximate surface area is 239 Å². The number of pyridine rings is 1. The average Bonchev–Trinajstić information content (AvgIpc) is 3.49. The van der Waals surface area contributed by atoms with Crippen molar-refractivity contribution < 1.29 is 32.5 Å². The van der Waals surface area contributed by atoms with Crippen LogP contribution in [0.2, 0.25) is 0 Å². The van der Waals surface area contributed by atoms with Gasteiger partial charge in [-0.3, -0.25) is 4.79 Å². The van der Waals surface area contributed by atoms with Gasteiger partial charge in [0.1, 0.15) is 27.4 Å². The summed E-state index contributed by atoms with van der Waals surface area (Å²) < 4.78 is 40.8. The molecule has 0 amide bonds. The quantitative estimate of drug-likeness (QED) is 0.288. The Kier molecular flexibility index (Phi) is 8.28. The predicted molar refractivity (Wildman–Crippen MR) is 155 cm³/mol. The van der Waals surface area contributed by atoms with Crippen LogP contribution in [-0.2, 0) is 21.1 Å². The van der Waals surface area contributed by atoms with Crippen molar-refractivity contribution in [3.63, 3.8) is 0 Å². The Morgan fingerprint density at radius 3 is 2.77 bits per heavy atom. The van der Waals surface area contributed by atoms with Gasteiger partial charge in [-0.2, -0.15) is 0 Å². The van der Waals surface area contributed by atoms with Crippen molar-refractivity contribution in [2.24, 2.45) is 0 Å². The van der Waals surface area contributed by atoms with Crippen LogP contribution in [-0.4, -0.2) is 56.0 Å². The molecular formula is C30H33NO7S2. The molecule has 5 rings (SSSR count). The number of hydrogen-bond acceptors (Lipinski definition) is 8. The molecule has 1 N–H and O–H groups in total. The maximum absolute atomic E-state index is 11.4. The number of aliphatic carboxylic acids is 1. The first-order valence-electron chi connectivity index (χ1n) is 13.3. The molecule has 0 spiro atoms. The molecule has 8 nitrogen and oxygen atoms in total. The summed E-state index contributed by atoms with van der Waals surface area (Å²) in [5.41, 5.74) is 6.42. The van der Waals surface area contributed by atoms with Crippen molar-refractivity contribution in [3.8, 4) is 28.5 Å². The first-order valence-corrected chi connectivity index (χ1v) is 16.3. The minimum Gasteiger partial charge on any atom is -0.496 e. The summed E-state index contributed by atoms with van der Waals surface area (Å²) in [7, 11) is -1.38. The molecule has 0 saturated carbocycles. The number of carboxylic acids is 1. The fourth-order valence-electron chi connectivity index (χ4n) is 5.53. The van der Waals surface area contributed by atoms with Crippen molar-refractivity contribution in [3.05, 3.63) is 64.8 Å². The van der Waals surface area contributed by atoms with E-state index >= 15 is 0 Å². The molecule has 2 atom stereocenters. The monoisotopic (exact) mass is 583 g/mol. The van der Waals surface area contributed by atoms with Gasteiger partial charge in [0.05, 0.1) is 25.9 Å². The normalized spacial score (nSPS) is 17.8. The zero-order valence-corrected chi connectivity index (χ0v) is 24.4. The smallest absolute Gasteiger partial charge is 0.303 e. The second kappa shape index (κ2) is 11.7. The third-order valence-corrected chi connectivity index (χ3v) is 9.60. The molecule has 1 aromatic heterocycles. The number of carboxylic acid groups (broad SMARTS) is 1. The number of thioether (sulfide) groups is 1. The lowest BCUT2D eigenvalue weighted by atomic mass is 9.92. The molecular weight excluding hydrogens is 550 g/mol. The zero-order chi connectivity index (χ0) is 28.4. The number of methoxy groups -OCH3 is 1. The highest BCUT2D eigenvalue weighted by atomic mass is 32.2. The van der Waals surface area contributed by atoms with Crippen LogP contribution in [0.1, 0.15) is 53.5 Å². The van der Waals surface area contributed by atoms with E-state index in [1.165, 1.54) is 11.8 Å². The molecule has 1 aliphatic carbocycles. The Bertz CT molecular complexity index is 1540. The van der Waals surface area contributed by atoms with E-state index in [2.05, 4.69) is 17.1 Å². The molecule has 1 unspecified atom stereocenters. The molecule has 1 aliphatic heterocycles. The number of carbonyl (C=O) groups is 1. The van der Waals surface area contributed by atoms with Crippen LogP contribution >= 0.6 is 11.8 Å². The van der Waals surface area contributed by atoms with E-state index in [4.69, 9.17) is 14.2 Å². The third-order valence-electron chi connectivity index (χ3n) is 7.34. The number of aromatic nitrogens is 1. The number of aryl methyl sites for hydroxylation is 1. The molecule has 0 bridgehead atoms. The van der Waals surface area contributed by atoms with E-state index in [-0.39, 0.29) is 24.2 Å². The summed E-state index contributed by atoms with van der Waals surface area (Å²) in [6.07, 6.45) is 5.07. The number of benzene rings is 2. The van der Waals surface area contributed by atoms with Gasteiger partial charge in [0.15, 0.2) is 0 Å². The lowest BCUT2D eigenvalue weighted by Crippen LogP contribution is -2.08. The van der Waals surface area contributed by atoms with E-state index in [0.29, 0.717) is 30.4 Å². The highest BCUT2D eigenvalue weighted by molar-refractivity contribution is 7.99. The van der Waals surface area contributed by atoms with E-state index in [0.717, 1.165) is 51.3 Å². The van der Waals surface area contributed by atoms with Crippen molar-refractivity contribution in [1.29, 1.82) is 0 Å². The van der Waals surface area contributed by atoms with Gasteiger partial charge in [0, 0.05) is 46.7 Å². The van der Waals surface area contributed by atoms with Crippen LogP contribution in [0.4, 0.5) is 0 Å². The van der Waals surface area contributed by atoms with E-state index in [1.807, 2.05) is 31.2 Å². The Morgan fingerprint density at radius 1 is 1.20 bits per heavy atom. The number of hydrogen-bond donors (Lipinski definition) is 1. The number of nitrogens with zero attached hydrogens (tertiary/aromatic N) is 1. The van der Waals surface area contributed by atoms with Gasteiger partial charge in [-0.25, -0.2) is 13.4 Å². The van der Waals surface area contributed by atoms with Gasteiger partial charge >= 0.3 is 5.97 Å². The first kappa shape index (κ1) is 28.3. The van der Waals surface area contributed by atoms with Crippen molar-refractivity contribution in [2.45, 2.75) is 49.5 Å². The van der Waals surface area contributed by atoms with Gasteiger partial charge in [-0.05, 0) is 60.1 Å². The minimum atomic E-state index is -3.02. The second-order valence-electron chi connectivity index (χ2n) is 10.3. The minimum absolute atomic E-state index is 0.0173. The van der Waals surface area contributed by atoms with Crippen LogP contribution in [0.5, 0.6) is 17.4 Å². The average molecular weight is 584 g/mol. The molecule has 2 heterocycles. The summed E-state index contributed by atoms with van der Waals surface area (Å²) in [6.45, 7) is 2.33. The lowest BCUT2D eigenvalue weighted by molar-refractivity contribution is -0.137. The van der Waals surface area contributed by atoms with Crippen LogP contribution < -0.4 is 14.2 Å². The van der Waals surface area contributed by atoms with Gasteiger partial charge < -0.3 is 19.3 Å². The number of sulfone groups is 1. The topological polar surface area (TPSA) is 112 Å². The number of rotatable bonds is 11. The Morgan fingerprint density at radius 2 is 2.02 bits per heavy atom. The largest absolute Gasteiger partial charge is 0.496 e. The summed E-state index contributed by atoms with van der Waals surface area (Å²) in [6, 6.07) is 12.0. The number of ether oxygens (including phenoxy) is 3. The van der Waals surface area contributed by atoms with E-state index in [9.17, 15) is 18.3 Å². The molecule has 10 heteroatoms. The predicted octanol–water partition coefficient (Wildman–Crippen LogP) is 5.61. The fraction of sp³-hybridized carbons (Fsp3) is 0.400. The summed E-state index contributed by atoms with van der Waals surface area (Å²) >= 11 is 1.65. The maximum atomic E-state index is 11.4. The van der Waals surface area contributed by atoms with Gasteiger partial charge in [0.2, 0.25) is 5.88 Å². The lowest BCUT2D eigenvalue weighted by Gasteiger charge is -2.19. The summed E-state index contributed by atoms with van der Waals surface area (Å²) in [5.74, 6) is 1.92. The van der Waals surface area contributed by atoms with Gasteiger partial charge in [0.25, 0.3) is 0 Å². The maximum Gasteiger partial charge on any atom is 0.303 e. The van der Waals surface area contributed by atoms with Crippen molar-refractivity contribution in [2.75, 3.05) is 31.5 Å². The molecule has 0 saturated heterocycles. The fourth-order valence-corrected chi connectivity index (χ4v) is 7.42. The molecule has 2 aliphatic rings. The van der Waals surface area contributed by atoms with Gasteiger partial charge in [-0.15, -0.1) is 11.8 Å². The molecule has 3 aromatic rings. The molecule has 40 heavy (non-hydrogen) atoms. The first-order chi connectivity index (χ1) is 19.1.